The number of sulfone groups is 1. The summed E-state index contributed by atoms with van der Waals surface area (Å²) in [5, 5.41) is -1.45. The van der Waals surface area contributed by atoms with Crippen molar-refractivity contribution >= 4 is 25.8 Å². The van der Waals surface area contributed by atoms with E-state index in [1.54, 1.807) is 11.0 Å². The van der Waals surface area contributed by atoms with Gasteiger partial charge in [-0.2, -0.15) is 0 Å². The maximum Gasteiger partial charge on any atom is 0.343 e. The van der Waals surface area contributed by atoms with Gasteiger partial charge in [-0.05, 0) is 23.9 Å². The lowest BCUT2D eigenvalue weighted by Gasteiger charge is -2.10. The molecule has 0 aliphatic carbocycles. The SMILES string of the molecule is CC(C(=O)ONS(=O)(=O)c1ccccc1)S(C)(=O)=O. The van der Waals surface area contributed by atoms with Crippen LogP contribution in [0, 0.1) is 0 Å². The molecule has 0 aliphatic rings. The van der Waals surface area contributed by atoms with E-state index in [4.69, 9.17) is 0 Å². The predicted molar refractivity (Wildman–Crippen MR) is 67.2 cm³/mol. The summed E-state index contributed by atoms with van der Waals surface area (Å²) in [7, 11) is -7.67. The third-order valence-electron chi connectivity index (χ3n) is 2.28. The minimum absolute atomic E-state index is 0.102. The van der Waals surface area contributed by atoms with Crippen molar-refractivity contribution < 1.29 is 26.5 Å². The molecule has 0 aromatic heterocycles. The first-order valence-corrected chi connectivity index (χ1v) is 8.55. The molecule has 0 radical (unpaired) electrons. The van der Waals surface area contributed by atoms with Crippen LogP contribution in [0.4, 0.5) is 0 Å². The van der Waals surface area contributed by atoms with Crippen molar-refractivity contribution in [1.82, 2.24) is 4.89 Å². The van der Waals surface area contributed by atoms with Crippen LogP contribution in [0.5, 0.6) is 0 Å². The van der Waals surface area contributed by atoms with Crippen LogP contribution in [0.15, 0.2) is 35.2 Å². The van der Waals surface area contributed by atoms with Gasteiger partial charge in [0.15, 0.2) is 15.1 Å². The van der Waals surface area contributed by atoms with Gasteiger partial charge in [0, 0.05) is 6.26 Å². The lowest BCUT2D eigenvalue weighted by atomic mass is 10.4. The summed E-state index contributed by atoms with van der Waals surface area (Å²) in [5.41, 5.74) is 0. The van der Waals surface area contributed by atoms with Gasteiger partial charge in [0.1, 0.15) is 0 Å². The Morgan fingerprint density at radius 3 is 2.16 bits per heavy atom. The molecular weight excluding hydrogens is 294 g/mol. The Bertz CT molecular complexity index is 651. The number of carbonyl (C=O) groups excluding carboxylic acids is 1. The van der Waals surface area contributed by atoms with E-state index in [1.165, 1.54) is 24.3 Å². The monoisotopic (exact) mass is 307 g/mol. The summed E-state index contributed by atoms with van der Waals surface area (Å²) < 4.78 is 45.5. The van der Waals surface area contributed by atoms with Gasteiger partial charge in [0.2, 0.25) is 0 Å². The second kappa shape index (κ2) is 5.68. The van der Waals surface area contributed by atoms with Gasteiger partial charge in [-0.3, -0.25) is 0 Å². The second-order valence-corrected chi connectivity index (χ2v) is 7.80. The molecule has 7 nitrogen and oxygen atoms in total. The van der Waals surface area contributed by atoms with Crippen molar-refractivity contribution in [3.05, 3.63) is 30.3 Å². The Morgan fingerprint density at radius 1 is 1.16 bits per heavy atom. The van der Waals surface area contributed by atoms with E-state index in [2.05, 4.69) is 4.84 Å². The van der Waals surface area contributed by atoms with Crippen LogP contribution in [0.25, 0.3) is 0 Å². The van der Waals surface area contributed by atoms with Gasteiger partial charge in [0.05, 0.1) is 4.90 Å². The topological polar surface area (TPSA) is 107 Å². The lowest BCUT2D eigenvalue weighted by molar-refractivity contribution is -0.146. The highest BCUT2D eigenvalue weighted by atomic mass is 32.2. The first-order chi connectivity index (χ1) is 8.64. The number of nitrogens with one attached hydrogen (secondary N) is 1. The summed E-state index contributed by atoms with van der Waals surface area (Å²) in [6, 6.07) is 7.22. The smallest absolute Gasteiger partial charge is 0.343 e. The average molecular weight is 307 g/mol. The maximum atomic E-state index is 11.7. The van der Waals surface area contributed by atoms with E-state index >= 15 is 0 Å². The highest BCUT2D eigenvalue weighted by Crippen LogP contribution is 2.07. The largest absolute Gasteiger partial charge is 0.354 e. The fourth-order valence-electron chi connectivity index (χ4n) is 1.00. The van der Waals surface area contributed by atoms with E-state index in [9.17, 15) is 21.6 Å². The predicted octanol–water partition coefficient (Wildman–Crippen LogP) is -0.144. The van der Waals surface area contributed by atoms with Gasteiger partial charge in [-0.1, -0.05) is 18.2 Å². The Morgan fingerprint density at radius 2 is 1.68 bits per heavy atom. The third-order valence-corrected chi connectivity index (χ3v) is 4.95. The fourth-order valence-corrected chi connectivity index (χ4v) is 2.20. The molecule has 0 spiro atoms. The number of sulfonamides is 1. The average Bonchev–Trinajstić information content (AvgIpc) is 2.35. The molecule has 106 valence electrons. The molecule has 0 bridgehead atoms. The summed E-state index contributed by atoms with van der Waals surface area (Å²) in [6.45, 7) is 1.11. The molecule has 1 rings (SSSR count). The van der Waals surface area contributed by atoms with Gasteiger partial charge >= 0.3 is 5.97 Å². The summed E-state index contributed by atoms with van der Waals surface area (Å²) in [6.07, 6.45) is 0.852. The Balaban J connectivity index is 2.76. The summed E-state index contributed by atoms with van der Waals surface area (Å²) in [5.74, 6) is -1.19. The Labute approximate surface area is 111 Å². The molecule has 1 aromatic carbocycles. The standard InChI is InChI=1S/C10H13NO6S2/c1-8(18(2,13)14)10(12)17-11-19(15,16)9-6-4-3-5-7-9/h3-8,11H,1-2H3. The third kappa shape index (κ3) is 4.30. The number of hydrogen-bond donors (Lipinski definition) is 1. The van der Waals surface area contributed by atoms with E-state index in [1.807, 2.05) is 0 Å². The van der Waals surface area contributed by atoms with Crippen molar-refractivity contribution in [2.75, 3.05) is 6.26 Å². The van der Waals surface area contributed by atoms with Crippen LogP contribution in [0.1, 0.15) is 6.92 Å². The van der Waals surface area contributed by atoms with Crippen LogP contribution in [0.2, 0.25) is 0 Å². The molecule has 1 aromatic rings. The molecule has 1 unspecified atom stereocenters. The van der Waals surface area contributed by atoms with E-state index in [0.717, 1.165) is 13.2 Å². The first-order valence-electron chi connectivity index (χ1n) is 5.11. The van der Waals surface area contributed by atoms with Crippen LogP contribution in [-0.4, -0.2) is 34.3 Å². The Kier molecular flexibility index (Phi) is 4.66. The normalized spacial score (nSPS) is 13.8. The zero-order valence-electron chi connectivity index (χ0n) is 10.2. The molecule has 9 heteroatoms. The Hall–Kier alpha value is -1.45. The van der Waals surface area contributed by atoms with Crippen molar-refractivity contribution in [1.29, 1.82) is 0 Å². The molecule has 19 heavy (non-hydrogen) atoms. The molecule has 1 atom stereocenters. The van der Waals surface area contributed by atoms with Crippen LogP contribution in [0.3, 0.4) is 0 Å². The molecule has 0 saturated carbocycles. The second-order valence-electron chi connectivity index (χ2n) is 3.79. The molecule has 0 fully saturated rings. The molecule has 0 aliphatic heterocycles. The number of hydrogen-bond acceptors (Lipinski definition) is 6. The van der Waals surface area contributed by atoms with Crippen molar-refractivity contribution in [2.45, 2.75) is 17.1 Å². The quantitative estimate of drug-likeness (QED) is 0.759. The molecular formula is C10H13NO6S2. The molecule has 0 heterocycles. The van der Waals surface area contributed by atoms with E-state index in [-0.39, 0.29) is 4.90 Å². The van der Waals surface area contributed by atoms with Crippen molar-refractivity contribution in [3.63, 3.8) is 0 Å². The van der Waals surface area contributed by atoms with E-state index in [0.29, 0.717) is 0 Å². The zero-order valence-corrected chi connectivity index (χ0v) is 11.9. The number of carbonyl (C=O) groups is 1. The molecule has 0 amide bonds. The van der Waals surface area contributed by atoms with E-state index < -0.39 is 31.1 Å². The van der Waals surface area contributed by atoms with Gasteiger partial charge in [-0.15, -0.1) is 0 Å². The summed E-state index contributed by atoms with van der Waals surface area (Å²) in [4.78, 5) is 17.1. The number of rotatable bonds is 5. The lowest BCUT2D eigenvalue weighted by Crippen LogP contribution is -2.35. The molecule has 0 saturated heterocycles. The van der Waals surface area contributed by atoms with Crippen molar-refractivity contribution in [3.8, 4) is 0 Å². The maximum absolute atomic E-state index is 11.7. The van der Waals surface area contributed by atoms with Gasteiger partial charge in [0.25, 0.3) is 10.0 Å². The van der Waals surface area contributed by atoms with Crippen LogP contribution < -0.4 is 4.89 Å². The van der Waals surface area contributed by atoms with Gasteiger partial charge in [-0.25, -0.2) is 21.6 Å². The highest BCUT2D eigenvalue weighted by molar-refractivity contribution is 7.92. The van der Waals surface area contributed by atoms with Crippen molar-refractivity contribution in [2.24, 2.45) is 0 Å². The van der Waals surface area contributed by atoms with Gasteiger partial charge < -0.3 is 4.84 Å². The first kappa shape index (κ1) is 15.6. The summed E-state index contributed by atoms with van der Waals surface area (Å²) >= 11 is 0. The minimum atomic E-state index is -4.02. The van der Waals surface area contributed by atoms with Crippen LogP contribution >= 0.6 is 0 Å². The highest BCUT2D eigenvalue weighted by Gasteiger charge is 2.27. The minimum Gasteiger partial charge on any atom is -0.354 e. The van der Waals surface area contributed by atoms with Crippen LogP contribution in [-0.2, 0) is 29.5 Å². The number of benzene rings is 1. The zero-order chi connectivity index (χ0) is 14.7. The molecule has 1 N–H and O–H groups in total. The fraction of sp³-hybridized carbons (Fsp3) is 0.300.